The van der Waals surface area contributed by atoms with E-state index in [-0.39, 0.29) is 0 Å². The monoisotopic (exact) mass is 779 g/mol. The molecule has 10 aromatic rings. The number of benzene rings is 9. The summed E-state index contributed by atoms with van der Waals surface area (Å²) in [6, 6.07) is 73.8. The molecule has 3 heterocycles. The molecule has 0 saturated carbocycles. The molecule has 0 unspecified atom stereocenters. The van der Waals surface area contributed by atoms with Gasteiger partial charge in [0.2, 0.25) is 0 Å². The Bertz CT molecular complexity index is 3160. The molecular weight excluding hydrogens is 747 g/mol. The average molecular weight is 780 g/mol. The van der Waals surface area contributed by atoms with Gasteiger partial charge in [-0.05, 0) is 97.2 Å². The van der Waals surface area contributed by atoms with Crippen LogP contribution in [0.4, 0.5) is 17.1 Å². The summed E-state index contributed by atoms with van der Waals surface area (Å²) in [6.45, 7) is 0. The van der Waals surface area contributed by atoms with Crippen LogP contribution >= 0.6 is 23.1 Å². The summed E-state index contributed by atoms with van der Waals surface area (Å²) < 4.78 is 9.25. The molecule has 268 valence electrons. The van der Waals surface area contributed by atoms with E-state index < -0.39 is 8.07 Å². The van der Waals surface area contributed by atoms with Crippen molar-refractivity contribution in [3.8, 4) is 22.6 Å². The third-order valence-corrected chi connectivity index (χ3v) is 19.4. The third kappa shape index (κ3) is 4.90. The van der Waals surface area contributed by atoms with Crippen LogP contribution in [-0.4, -0.2) is 8.07 Å². The number of fused-ring (bicyclic) bond motifs is 12. The SMILES string of the molecule is c1ccc2c(c1)Oc1ccccc1[Si]21c2ccccc2Sc2cc(N(c3ccc(-c4cccc5ccccc45)cc3)c3cccc4c3sc3ccccc34)ccc21. The third-order valence-electron chi connectivity index (χ3n) is 11.8. The molecule has 0 atom stereocenters. The maximum Gasteiger partial charge on any atom is 0.190 e. The number of rotatable bonds is 4. The number of thiophene rings is 1. The van der Waals surface area contributed by atoms with Crippen molar-refractivity contribution in [1.82, 2.24) is 0 Å². The van der Waals surface area contributed by atoms with Crippen LogP contribution in [0.3, 0.4) is 0 Å². The zero-order valence-electron chi connectivity index (χ0n) is 30.7. The Morgan fingerprint density at radius 2 is 1.05 bits per heavy atom. The van der Waals surface area contributed by atoms with Crippen molar-refractivity contribution in [3.05, 3.63) is 200 Å². The largest absolute Gasteiger partial charge is 0.458 e. The Morgan fingerprint density at radius 3 is 1.88 bits per heavy atom. The van der Waals surface area contributed by atoms with Crippen molar-refractivity contribution >= 4 is 99.9 Å². The van der Waals surface area contributed by atoms with Gasteiger partial charge in [0.05, 0.1) is 10.4 Å². The van der Waals surface area contributed by atoms with Crippen LogP contribution in [0.25, 0.3) is 42.1 Å². The minimum atomic E-state index is -2.76. The van der Waals surface area contributed by atoms with Gasteiger partial charge in [-0.25, -0.2) is 0 Å². The predicted octanol–water partition coefficient (Wildman–Crippen LogP) is 12.3. The summed E-state index contributed by atoms with van der Waals surface area (Å²) in [4.78, 5) is 5.09. The Kier molecular flexibility index (Phi) is 7.39. The van der Waals surface area contributed by atoms with Crippen LogP contribution < -0.4 is 30.4 Å². The Labute approximate surface area is 340 Å². The second-order valence-electron chi connectivity index (χ2n) is 14.8. The molecule has 57 heavy (non-hydrogen) atoms. The van der Waals surface area contributed by atoms with E-state index in [9.17, 15) is 0 Å². The molecule has 0 saturated heterocycles. The molecule has 5 heteroatoms. The fourth-order valence-corrected chi connectivity index (χ4v) is 17.7. The highest BCUT2D eigenvalue weighted by Crippen LogP contribution is 2.47. The predicted molar refractivity (Wildman–Crippen MR) is 245 cm³/mol. The minimum absolute atomic E-state index is 0.962. The fraction of sp³-hybridized carbons (Fsp3) is 0. The van der Waals surface area contributed by atoms with Crippen LogP contribution in [-0.2, 0) is 0 Å². The van der Waals surface area contributed by atoms with Gasteiger partial charge in [-0.3, -0.25) is 0 Å². The van der Waals surface area contributed by atoms with Crippen LogP contribution in [0.1, 0.15) is 0 Å². The first kappa shape index (κ1) is 32.8. The molecular formula is C52H33NOS2Si. The topological polar surface area (TPSA) is 12.5 Å². The van der Waals surface area contributed by atoms with Crippen molar-refractivity contribution < 1.29 is 4.74 Å². The van der Waals surface area contributed by atoms with Crippen molar-refractivity contribution in [2.75, 3.05) is 4.90 Å². The normalized spacial score (nSPS) is 13.5. The Balaban J connectivity index is 1.09. The molecule has 0 amide bonds. The van der Waals surface area contributed by atoms with Gasteiger partial charge < -0.3 is 9.64 Å². The number of hydrogen-bond donors (Lipinski definition) is 0. The number of ether oxygens (including phenoxy) is 1. The number of nitrogens with zero attached hydrogens (tertiary/aromatic N) is 1. The summed E-state index contributed by atoms with van der Waals surface area (Å²) in [5, 5.41) is 10.5. The average Bonchev–Trinajstić information content (AvgIpc) is 3.66. The van der Waals surface area contributed by atoms with Crippen LogP contribution in [0.5, 0.6) is 11.5 Å². The van der Waals surface area contributed by atoms with Gasteiger partial charge in [0.25, 0.3) is 0 Å². The maximum atomic E-state index is 6.66. The van der Waals surface area contributed by atoms with E-state index in [0.717, 1.165) is 22.9 Å². The summed E-state index contributed by atoms with van der Waals surface area (Å²) in [5.41, 5.74) is 5.90. The summed E-state index contributed by atoms with van der Waals surface area (Å²) in [7, 11) is -2.76. The van der Waals surface area contributed by atoms with E-state index in [1.807, 2.05) is 23.1 Å². The fourth-order valence-electron chi connectivity index (χ4n) is 9.35. The molecule has 0 fully saturated rings. The highest BCUT2D eigenvalue weighted by molar-refractivity contribution is 8.00. The maximum absolute atomic E-state index is 6.66. The van der Waals surface area contributed by atoms with Crippen molar-refractivity contribution in [3.63, 3.8) is 0 Å². The van der Waals surface area contributed by atoms with E-state index in [0.29, 0.717) is 0 Å². The summed E-state index contributed by atoms with van der Waals surface area (Å²) in [5.74, 6) is 1.92. The Hall–Kier alpha value is -6.37. The lowest BCUT2D eigenvalue weighted by atomic mass is 9.98. The zero-order chi connectivity index (χ0) is 37.5. The molecule has 0 aliphatic carbocycles. The lowest BCUT2D eigenvalue weighted by molar-refractivity contribution is 0.487. The second kappa shape index (κ2) is 12.8. The molecule has 1 spiro atoms. The molecule has 9 aromatic carbocycles. The highest BCUT2D eigenvalue weighted by atomic mass is 32.2. The van der Waals surface area contributed by atoms with E-state index in [4.69, 9.17) is 4.74 Å². The molecule has 0 radical (unpaired) electrons. The zero-order valence-corrected chi connectivity index (χ0v) is 33.4. The highest BCUT2D eigenvalue weighted by Gasteiger charge is 2.52. The first-order chi connectivity index (χ1) is 28.3. The van der Waals surface area contributed by atoms with Gasteiger partial charge in [-0.2, -0.15) is 0 Å². The minimum Gasteiger partial charge on any atom is -0.458 e. The molecule has 12 rings (SSSR count). The van der Waals surface area contributed by atoms with Crippen molar-refractivity contribution in [2.24, 2.45) is 0 Å². The molecule has 0 bridgehead atoms. The van der Waals surface area contributed by atoms with E-state index in [1.165, 1.54) is 78.3 Å². The van der Waals surface area contributed by atoms with Gasteiger partial charge in [0.15, 0.2) is 8.07 Å². The smallest absolute Gasteiger partial charge is 0.190 e. The first-order valence-electron chi connectivity index (χ1n) is 19.3. The van der Waals surface area contributed by atoms with E-state index >= 15 is 0 Å². The van der Waals surface area contributed by atoms with Gasteiger partial charge in [0.1, 0.15) is 11.5 Å². The molecule has 2 aliphatic rings. The molecule has 0 N–H and O–H groups in total. The molecule has 2 nitrogen and oxygen atoms in total. The van der Waals surface area contributed by atoms with Crippen LogP contribution in [0.15, 0.2) is 210 Å². The van der Waals surface area contributed by atoms with E-state index in [1.54, 1.807) is 0 Å². The Morgan fingerprint density at radius 1 is 0.439 bits per heavy atom. The first-order valence-corrected chi connectivity index (χ1v) is 23.0. The molecule has 1 aromatic heterocycles. The van der Waals surface area contributed by atoms with Crippen LogP contribution in [0, 0.1) is 0 Å². The number of para-hydroxylation sites is 2. The van der Waals surface area contributed by atoms with Crippen LogP contribution in [0.2, 0.25) is 0 Å². The second-order valence-corrected chi connectivity index (χ2v) is 20.6. The van der Waals surface area contributed by atoms with Crippen molar-refractivity contribution in [1.29, 1.82) is 0 Å². The van der Waals surface area contributed by atoms with Gasteiger partial charge in [-0.15, -0.1) is 11.3 Å². The van der Waals surface area contributed by atoms with Crippen molar-refractivity contribution in [2.45, 2.75) is 9.79 Å². The van der Waals surface area contributed by atoms with Gasteiger partial charge >= 0.3 is 0 Å². The summed E-state index contributed by atoms with van der Waals surface area (Å²) >= 11 is 3.77. The van der Waals surface area contributed by atoms with E-state index in [2.05, 4.69) is 205 Å². The number of anilines is 3. The lowest BCUT2D eigenvalue weighted by Gasteiger charge is -2.43. The standard InChI is InChI=1S/C52H33NOS2Si/c1-2-15-38-34(13-1)14-11-17-39(38)35-27-29-36(30-28-35)53(42-19-12-18-41-40-16-3-6-22-45(40)56-52(41)42)37-31-32-51-47(33-37)55-46-23-7-10-26-50(46)57(51)48-24-8-4-20-43(48)54-44-21-5-9-25-49(44)57/h1-33H. The number of hydrogen-bond acceptors (Lipinski definition) is 4. The molecule has 2 aliphatic heterocycles. The van der Waals surface area contributed by atoms with Gasteiger partial charge in [-0.1, -0.05) is 157 Å². The summed E-state index contributed by atoms with van der Waals surface area (Å²) in [6.07, 6.45) is 0. The lowest BCUT2D eigenvalue weighted by Crippen LogP contribution is -2.77. The van der Waals surface area contributed by atoms with Gasteiger partial charge in [0, 0.05) is 36.6 Å². The quantitative estimate of drug-likeness (QED) is 0.165.